The number of nitrogens with zero attached hydrogens (tertiary/aromatic N) is 3. The Morgan fingerprint density at radius 3 is 2.44 bits per heavy atom. The highest BCUT2D eigenvalue weighted by atomic mass is 16.5. The van der Waals surface area contributed by atoms with E-state index < -0.39 is 29.1 Å². The van der Waals surface area contributed by atoms with Crippen LogP contribution in [0.5, 0.6) is 11.5 Å². The van der Waals surface area contributed by atoms with Crippen LogP contribution in [0.3, 0.4) is 0 Å². The molecule has 5 rings (SSSR count). The summed E-state index contributed by atoms with van der Waals surface area (Å²) in [5.41, 5.74) is -2.20. The van der Waals surface area contributed by atoms with E-state index >= 15 is 0 Å². The number of rotatable bonds is 3. The molecule has 0 spiro atoms. The fraction of sp³-hybridized carbons (Fsp3) is 0.269. The van der Waals surface area contributed by atoms with Gasteiger partial charge in [0.1, 0.15) is 23.3 Å². The summed E-state index contributed by atoms with van der Waals surface area (Å²) in [6, 6.07) is 19.0. The SMILES string of the molecule is CN(C)C(=O)[C@H]1[C@@H](O)C2(O)c3ncc(O)cc3O[C@@]2(c2ccc(C#N)cc2)[C@@H]1c1ccccc1. The Labute approximate surface area is 196 Å². The van der Waals surface area contributed by atoms with Crippen LogP contribution in [-0.2, 0) is 16.0 Å². The number of aliphatic hydroxyl groups is 2. The maximum absolute atomic E-state index is 13.4. The molecule has 1 amide bonds. The number of benzene rings is 2. The second-order valence-corrected chi connectivity index (χ2v) is 8.93. The van der Waals surface area contributed by atoms with Crippen LogP contribution in [0.4, 0.5) is 0 Å². The summed E-state index contributed by atoms with van der Waals surface area (Å²) in [6.07, 6.45) is -0.415. The second-order valence-electron chi connectivity index (χ2n) is 8.93. The average Bonchev–Trinajstić information content (AvgIpc) is 3.21. The molecule has 2 heterocycles. The van der Waals surface area contributed by atoms with Crippen molar-refractivity contribution in [2.75, 3.05) is 14.1 Å². The molecule has 2 aromatic carbocycles. The second kappa shape index (κ2) is 7.55. The first-order valence-electron chi connectivity index (χ1n) is 10.8. The van der Waals surface area contributed by atoms with E-state index in [1.54, 1.807) is 38.4 Å². The number of hydrogen-bond acceptors (Lipinski definition) is 7. The molecule has 8 heteroatoms. The molecule has 1 unspecified atom stereocenters. The zero-order valence-electron chi connectivity index (χ0n) is 18.6. The largest absolute Gasteiger partial charge is 0.506 e. The van der Waals surface area contributed by atoms with Crippen molar-refractivity contribution in [3.8, 4) is 17.6 Å². The molecular formula is C26H23N3O5. The van der Waals surface area contributed by atoms with Crippen molar-refractivity contribution in [3.63, 3.8) is 0 Å². The molecule has 0 bridgehead atoms. The Morgan fingerprint density at radius 2 is 1.82 bits per heavy atom. The molecule has 34 heavy (non-hydrogen) atoms. The van der Waals surface area contributed by atoms with E-state index in [-0.39, 0.29) is 23.1 Å². The minimum atomic E-state index is -2.12. The van der Waals surface area contributed by atoms with Crippen LogP contribution in [0.1, 0.15) is 28.3 Å². The van der Waals surface area contributed by atoms with Gasteiger partial charge in [-0.25, -0.2) is 0 Å². The molecular weight excluding hydrogens is 434 g/mol. The predicted octanol–water partition coefficient (Wildman–Crippen LogP) is 2.00. The van der Waals surface area contributed by atoms with Gasteiger partial charge in [0.05, 0.1) is 23.7 Å². The summed E-state index contributed by atoms with van der Waals surface area (Å²) in [7, 11) is 3.18. The van der Waals surface area contributed by atoms with Crippen molar-refractivity contribution in [2.24, 2.45) is 5.92 Å². The van der Waals surface area contributed by atoms with Crippen LogP contribution in [0.2, 0.25) is 0 Å². The smallest absolute Gasteiger partial charge is 0.228 e. The van der Waals surface area contributed by atoms with E-state index in [1.807, 2.05) is 30.3 Å². The fourth-order valence-corrected chi connectivity index (χ4v) is 5.51. The van der Waals surface area contributed by atoms with Gasteiger partial charge in [0.2, 0.25) is 5.91 Å². The lowest BCUT2D eigenvalue weighted by molar-refractivity contribution is -0.157. The van der Waals surface area contributed by atoms with E-state index in [2.05, 4.69) is 11.1 Å². The molecule has 1 saturated carbocycles. The van der Waals surface area contributed by atoms with Gasteiger partial charge in [-0.3, -0.25) is 9.78 Å². The number of aromatic hydroxyl groups is 1. The zero-order chi connectivity index (χ0) is 24.3. The van der Waals surface area contributed by atoms with Crippen molar-refractivity contribution in [3.05, 3.63) is 89.2 Å². The molecule has 5 atom stereocenters. The summed E-state index contributed by atoms with van der Waals surface area (Å²) < 4.78 is 6.47. The standard InChI is InChI=1S/C26H23N3O5/c1-29(2)24(32)20-21(16-6-4-3-5-7-16)26(17-10-8-15(13-27)9-11-17)25(33,23(20)31)22-19(34-26)12-18(30)14-28-22/h3-12,14,20-21,23,30-31,33H,1-2H3/t20-,21-,23-,25?,26+/m1/s1. The average molecular weight is 457 g/mol. The van der Waals surface area contributed by atoms with Crippen LogP contribution in [0.15, 0.2) is 66.9 Å². The lowest BCUT2D eigenvalue weighted by atomic mass is 9.71. The number of hydrogen-bond donors (Lipinski definition) is 3. The third-order valence-corrected chi connectivity index (χ3v) is 6.93. The molecule has 2 aliphatic rings. The van der Waals surface area contributed by atoms with Crippen LogP contribution in [-0.4, -0.2) is 51.3 Å². The van der Waals surface area contributed by atoms with Crippen LogP contribution >= 0.6 is 0 Å². The molecule has 3 aromatic rings. The van der Waals surface area contributed by atoms with Crippen molar-refractivity contribution >= 4 is 5.91 Å². The van der Waals surface area contributed by atoms with Crippen LogP contribution in [0.25, 0.3) is 0 Å². The summed E-state index contributed by atoms with van der Waals surface area (Å²) >= 11 is 0. The van der Waals surface area contributed by atoms with Crippen LogP contribution in [0, 0.1) is 17.2 Å². The molecule has 1 aromatic heterocycles. The number of carbonyl (C=O) groups is 1. The maximum atomic E-state index is 13.4. The molecule has 0 saturated heterocycles. The van der Waals surface area contributed by atoms with Crippen molar-refractivity contribution in [2.45, 2.75) is 23.2 Å². The fourth-order valence-electron chi connectivity index (χ4n) is 5.51. The molecule has 1 fully saturated rings. The molecule has 1 aliphatic heterocycles. The summed E-state index contributed by atoms with van der Waals surface area (Å²) in [5, 5.41) is 43.4. The topological polar surface area (TPSA) is 127 Å². The van der Waals surface area contributed by atoms with Gasteiger partial charge >= 0.3 is 0 Å². The quantitative estimate of drug-likeness (QED) is 0.549. The number of amides is 1. The lowest BCUT2D eigenvalue weighted by Crippen LogP contribution is -2.52. The minimum absolute atomic E-state index is 0.0390. The molecule has 8 nitrogen and oxygen atoms in total. The third kappa shape index (κ3) is 2.71. The van der Waals surface area contributed by atoms with Gasteiger partial charge in [0, 0.05) is 26.1 Å². The van der Waals surface area contributed by atoms with Crippen LogP contribution < -0.4 is 4.74 Å². The van der Waals surface area contributed by atoms with E-state index in [4.69, 9.17) is 4.74 Å². The number of aromatic nitrogens is 1. The van der Waals surface area contributed by atoms with Gasteiger partial charge in [-0.1, -0.05) is 42.5 Å². The number of carbonyl (C=O) groups excluding carboxylic acids is 1. The van der Waals surface area contributed by atoms with Gasteiger partial charge in [0.25, 0.3) is 0 Å². The Hall–Kier alpha value is -3.93. The number of fused-ring (bicyclic) bond motifs is 3. The van der Waals surface area contributed by atoms with Crippen molar-refractivity contribution in [1.29, 1.82) is 5.26 Å². The first kappa shape index (κ1) is 21.9. The highest BCUT2D eigenvalue weighted by Gasteiger charge is 2.78. The number of ether oxygens (including phenoxy) is 1. The van der Waals surface area contributed by atoms with Crippen molar-refractivity contribution in [1.82, 2.24) is 9.88 Å². The number of aliphatic hydroxyl groups excluding tert-OH is 1. The summed E-state index contributed by atoms with van der Waals surface area (Å²) in [5.74, 6) is -2.32. The lowest BCUT2D eigenvalue weighted by Gasteiger charge is -2.40. The number of pyridine rings is 1. The Balaban J connectivity index is 1.86. The molecule has 3 N–H and O–H groups in total. The Bertz CT molecular complexity index is 1300. The predicted molar refractivity (Wildman–Crippen MR) is 121 cm³/mol. The summed E-state index contributed by atoms with van der Waals surface area (Å²) in [6.45, 7) is 0. The summed E-state index contributed by atoms with van der Waals surface area (Å²) in [4.78, 5) is 19.1. The van der Waals surface area contributed by atoms with Gasteiger partial charge in [-0.2, -0.15) is 5.26 Å². The molecule has 1 aliphatic carbocycles. The van der Waals surface area contributed by atoms with Gasteiger partial charge in [-0.05, 0) is 23.3 Å². The first-order valence-corrected chi connectivity index (χ1v) is 10.8. The maximum Gasteiger partial charge on any atom is 0.228 e. The van der Waals surface area contributed by atoms with E-state index in [0.29, 0.717) is 16.7 Å². The highest BCUT2D eigenvalue weighted by molar-refractivity contribution is 5.82. The van der Waals surface area contributed by atoms with E-state index in [9.17, 15) is 25.4 Å². The van der Waals surface area contributed by atoms with Crippen molar-refractivity contribution < 1.29 is 24.9 Å². The monoisotopic (exact) mass is 457 g/mol. The van der Waals surface area contributed by atoms with E-state index in [0.717, 1.165) is 0 Å². The first-order chi connectivity index (χ1) is 16.3. The number of nitriles is 1. The Kier molecular flexibility index (Phi) is 4.86. The van der Waals surface area contributed by atoms with Gasteiger partial charge < -0.3 is 25.0 Å². The molecule has 0 radical (unpaired) electrons. The van der Waals surface area contributed by atoms with Gasteiger partial charge in [0.15, 0.2) is 11.2 Å². The minimum Gasteiger partial charge on any atom is -0.506 e. The molecule has 172 valence electrons. The van der Waals surface area contributed by atoms with E-state index in [1.165, 1.54) is 17.2 Å². The highest BCUT2D eigenvalue weighted by Crippen LogP contribution is 2.68. The normalized spacial score (nSPS) is 29.0. The zero-order valence-corrected chi connectivity index (χ0v) is 18.6. The van der Waals surface area contributed by atoms with Gasteiger partial charge in [-0.15, -0.1) is 0 Å². The Morgan fingerprint density at radius 1 is 1.15 bits per heavy atom. The third-order valence-electron chi connectivity index (χ3n) is 6.93.